The van der Waals surface area contributed by atoms with Crippen LogP contribution in [0.2, 0.25) is 0 Å². The Morgan fingerprint density at radius 2 is 1.74 bits per heavy atom. The minimum atomic E-state index is -5.84. The number of fused-ring (bicyclic) bond motifs is 5. The van der Waals surface area contributed by atoms with Crippen LogP contribution >= 0.6 is 0 Å². The van der Waals surface area contributed by atoms with E-state index in [9.17, 15) is 21.6 Å². The van der Waals surface area contributed by atoms with Crippen LogP contribution in [0.25, 0.3) is 0 Å². The molecule has 0 amide bonds. The monoisotopic (exact) mass is 506 g/mol. The van der Waals surface area contributed by atoms with Crippen molar-refractivity contribution in [3.63, 3.8) is 0 Å². The van der Waals surface area contributed by atoms with Gasteiger partial charge in [0, 0.05) is 12.3 Å². The van der Waals surface area contributed by atoms with Crippen molar-refractivity contribution in [3.8, 4) is 0 Å². The zero-order valence-corrected chi connectivity index (χ0v) is 19.8. The largest absolute Gasteiger partial charge is 0.534 e. The number of hydrogen-bond acceptors (Lipinski definition) is 7. The Bertz CT molecular complexity index is 1020. The summed E-state index contributed by atoms with van der Waals surface area (Å²) in [4.78, 5) is 0. The molecule has 0 N–H and O–H groups in total. The number of ether oxygens (including phenoxy) is 4. The lowest BCUT2D eigenvalue weighted by atomic mass is 9.54. The van der Waals surface area contributed by atoms with E-state index in [0.717, 1.165) is 25.7 Å². The number of rotatable bonds is 2. The summed E-state index contributed by atoms with van der Waals surface area (Å²) in [5, 5.41) is 0. The molecule has 2 aliphatic heterocycles. The van der Waals surface area contributed by atoms with Gasteiger partial charge < -0.3 is 23.1 Å². The van der Waals surface area contributed by atoms with Crippen molar-refractivity contribution < 1.29 is 44.7 Å². The lowest BCUT2D eigenvalue weighted by Crippen LogP contribution is -2.69. The average Bonchev–Trinajstić information content (AvgIpc) is 3.04. The molecule has 4 fully saturated rings. The number of allylic oxidation sites excluding steroid dienone is 3. The number of hydrogen-bond donors (Lipinski definition) is 0. The highest BCUT2D eigenvalue weighted by atomic mass is 32.2. The summed E-state index contributed by atoms with van der Waals surface area (Å²) in [5.74, 6) is -3.52. The van der Waals surface area contributed by atoms with Crippen LogP contribution in [0.3, 0.4) is 0 Å². The normalized spacial score (nSPS) is 46.1. The fourth-order valence-corrected chi connectivity index (χ4v) is 8.23. The van der Waals surface area contributed by atoms with Gasteiger partial charge in [0.25, 0.3) is 0 Å². The van der Waals surface area contributed by atoms with Gasteiger partial charge in [-0.1, -0.05) is 25.0 Å². The van der Waals surface area contributed by atoms with E-state index in [4.69, 9.17) is 23.1 Å². The summed E-state index contributed by atoms with van der Waals surface area (Å²) in [7, 11) is -5.84. The minimum absolute atomic E-state index is 0.0462. The first kappa shape index (κ1) is 23.3. The molecule has 5 atom stereocenters. The second-order valence-electron chi connectivity index (χ2n) is 10.4. The highest BCUT2D eigenvalue weighted by Gasteiger charge is 2.78. The molecule has 34 heavy (non-hydrogen) atoms. The molecular formula is C23H29F3O7S. The van der Waals surface area contributed by atoms with Gasteiger partial charge in [0.2, 0.25) is 11.6 Å². The van der Waals surface area contributed by atoms with Crippen LogP contribution in [-0.2, 0) is 33.2 Å². The Hall–Kier alpha value is -1.14. The maximum absolute atomic E-state index is 13.4. The summed E-state index contributed by atoms with van der Waals surface area (Å²) < 4.78 is 94.4. The summed E-state index contributed by atoms with van der Waals surface area (Å²) in [6.07, 6.45) is 8.46. The van der Waals surface area contributed by atoms with Crippen LogP contribution in [0.1, 0.15) is 45.4 Å². The van der Waals surface area contributed by atoms with E-state index in [1.54, 1.807) is 6.08 Å². The first-order valence-electron chi connectivity index (χ1n) is 12.0. The van der Waals surface area contributed by atoms with Crippen LogP contribution in [-0.4, -0.2) is 51.9 Å². The van der Waals surface area contributed by atoms with Gasteiger partial charge in [-0.2, -0.15) is 21.6 Å². The quantitative estimate of drug-likeness (QED) is 0.318. The van der Waals surface area contributed by atoms with Crippen LogP contribution < -0.4 is 0 Å². The predicted octanol–water partition coefficient (Wildman–Crippen LogP) is 4.02. The first-order chi connectivity index (χ1) is 16.0. The Morgan fingerprint density at radius 3 is 2.41 bits per heavy atom. The van der Waals surface area contributed by atoms with Crippen molar-refractivity contribution >= 4 is 10.1 Å². The zero-order chi connectivity index (χ0) is 24.0. The Kier molecular flexibility index (Phi) is 5.09. The molecule has 7 nitrogen and oxygen atoms in total. The molecule has 2 heterocycles. The van der Waals surface area contributed by atoms with E-state index in [2.05, 4.69) is 6.08 Å². The molecule has 4 aliphatic carbocycles. The van der Waals surface area contributed by atoms with Gasteiger partial charge in [0.15, 0.2) is 0 Å². The first-order valence-corrected chi connectivity index (χ1v) is 13.4. The zero-order valence-electron chi connectivity index (χ0n) is 18.9. The predicted molar refractivity (Wildman–Crippen MR) is 111 cm³/mol. The van der Waals surface area contributed by atoms with E-state index in [1.807, 2.05) is 6.92 Å². The molecule has 0 bridgehead atoms. The molecule has 2 saturated carbocycles. The van der Waals surface area contributed by atoms with Crippen LogP contribution in [0.4, 0.5) is 13.2 Å². The van der Waals surface area contributed by atoms with E-state index in [-0.39, 0.29) is 36.7 Å². The van der Waals surface area contributed by atoms with Gasteiger partial charge in [-0.25, -0.2) is 0 Å². The Balaban J connectivity index is 1.52. The highest BCUT2D eigenvalue weighted by molar-refractivity contribution is 7.87. The molecule has 0 aromatic heterocycles. The maximum Gasteiger partial charge on any atom is 0.534 e. The molecule has 6 aliphatic rings. The smallest absolute Gasteiger partial charge is 0.381 e. The Morgan fingerprint density at radius 1 is 1.06 bits per heavy atom. The SMILES string of the molecule is C[C@]12C=C(OS(=O)(=O)C(F)(F)F)[C@H]3[C@@H](CC=C4CCCC[C@@H]43)[C@@H]1CC13OCCOC12OCCO3. The average molecular weight is 507 g/mol. The highest BCUT2D eigenvalue weighted by Crippen LogP contribution is 2.70. The second kappa shape index (κ2) is 7.44. The number of halogens is 3. The summed E-state index contributed by atoms with van der Waals surface area (Å²) >= 11 is 0. The second-order valence-corrected chi connectivity index (χ2v) is 12.0. The molecule has 0 unspecified atom stereocenters. The van der Waals surface area contributed by atoms with Gasteiger partial charge in [-0.05, 0) is 49.5 Å². The third kappa shape index (κ3) is 2.93. The van der Waals surface area contributed by atoms with Gasteiger partial charge in [0.05, 0.1) is 31.8 Å². The molecule has 0 radical (unpaired) electrons. The van der Waals surface area contributed by atoms with Crippen molar-refractivity contribution in [2.45, 2.75) is 62.5 Å². The summed E-state index contributed by atoms with van der Waals surface area (Å²) in [6.45, 7) is 2.94. The summed E-state index contributed by atoms with van der Waals surface area (Å²) in [6, 6.07) is 0. The lowest BCUT2D eigenvalue weighted by molar-refractivity contribution is -0.469. The van der Waals surface area contributed by atoms with Crippen LogP contribution in [0, 0.1) is 29.1 Å². The van der Waals surface area contributed by atoms with E-state index in [1.165, 1.54) is 5.57 Å². The van der Waals surface area contributed by atoms with Crippen LogP contribution in [0.15, 0.2) is 23.5 Å². The van der Waals surface area contributed by atoms with Crippen molar-refractivity contribution in [1.29, 1.82) is 0 Å². The molecule has 190 valence electrons. The molecule has 0 aromatic rings. The lowest BCUT2D eigenvalue weighted by Gasteiger charge is -2.57. The van der Waals surface area contributed by atoms with Crippen molar-refractivity contribution in [2.24, 2.45) is 29.1 Å². The van der Waals surface area contributed by atoms with Crippen LogP contribution in [0.5, 0.6) is 0 Å². The fourth-order valence-electron chi connectivity index (χ4n) is 7.72. The molecule has 2 saturated heterocycles. The topological polar surface area (TPSA) is 80.3 Å². The molecule has 6 rings (SSSR count). The third-order valence-corrected chi connectivity index (χ3v) is 9.93. The third-order valence-electron chi connectivity index (χ3n) is 8.95. The van der Waals surface area contributed by atoms with Gasteiger partial charge in [0.1, 0.15) is 5.76 Å². The van der Waals surface area contributed by atoms with E-state index < -0.39 is 38.5 Å². The standard InChI is InChI=1S/C23H29F3O7S/c1-20-13-18(33-34(27,28)23(24,25)26)19-15-5-3-2-4-14(15)6-7-16(19)17(20)12-21-22(20,31-10-8-29-21)32-11-9-30-21/h6,13,15-17,19H,2-5,7-12H2,1H3/t15-,16-,17-,19+,20-,21?,22?/m0/s1. The van der Waals surface area contributed by atoms with Crippen molar-refractivity contribution in [2.75, 3.05) is 26.4 Å². The van der Waals surface area contributed by atoms with E-state index >= 15 is 0 Å². The summed E-state index contributed by atoms with van der Waals surface area (Å²) in [5.41, 5.74) is -5.34. The van der Waals surface area contributed by atoms with Gasteiger partial charge >= 0.3 is 15.6 Å². The fraction of sp³-hybridized carbons (Fsp3) is 0.826. The molecule has 0 spiro atoms. The molecular weight excluding hydrogens is 477 g/mol. The van der Waals surface area contributed by atoms with Gasteiger partial charge in [-0.3, -0.25) is 0 Å². The maximum atomic E-state index is 13.4. The van der Waals surface area contributed by atoms with Crippen molar-refractivity contribution in [3.05, 3.63) is 23.5 Å². The minimum Gasteiger partial charge on any atom is -0.381 e. The molecule has 11 heteroatoms. The van der Waals surface area contributed by atoms with Gasteiger partial charge in [-0.15, -0.1) is 0 Å². The molecule has 0 aromatic carbocycles. The van der Waals surface area contributed by atoms with E-state index in [0.29, 0.717) is 26.1 Å². The number of alkyl halides is 3. The Labute approximate surface area is 196 Å². The van der Waals surface area contributed by atoms with Crippen molar-refractivity contribution in [1.82, 2.24) is 0 Å².